The van der Waals surface area contributed by atoms with Crippen molar-refractivity contribution in [2.45, 2.75) is 0 Å². The summed E-state index contributed by atoms with van der Waals surface area (Å²) in [5.74, 6) is -0.721. The average molecular weight is 234 g/mol. The van der Waals surface area contributed by atoms with E-state index >= 15 is 0 Å². The Morgan fingerprint density at radius 2 is 2.21 bits per heavy atom. The summed E-state index contributed by atoms with van der Waals surface area (Å²) in [7, 11) is 1.18. The molecule has 0 spiro atoms. The zero-order chi connectivity index (χ0) is 10.7. The maximum absolute atomic E-state index is 11.2. The number of carbonyl (C=O) groups is 2. The lowest BCUT2D eigenvalue weighted by atomic mass is 10.2. The van der Waals surface area contributed by atoms with Gasteiger partial charge in [0.05, 0.1) is 12.1 Å². The molecule has 0 saturated carbocycles. The maximum atomic E-state index is 11.2. The third-order valence-corrected chi connectivity index (χ3v) is 1.96. The number of rotatable bonds is 2. The molecular weight excluding hydrogens is 229 g/mol. The molecule has 0 radical (unpaired) electrons. The number of halogens is 2. The Morgan fingerprint density at radius 3 is 2.71 bits per heavy atom. The standard InChI is InChI=1S/C8H5Cl2NO3/c1-14-8(13)7-4(9)2-6(10)11-5(7)3-12/h2-3H,1H3. The highest BCUT2D eigenvalue weighted by atomic mass is 35.5. The van der Waals surface area contributed by atoms with Gasteiger partial charge >= 0.3 is 5.97 Å². The highest BCUT2D eigenvalue weighted by molar-refractivity contribution is 6.36. The second-order valence-corrected chi connectivity index (χ2v) is 3.09. The van der Waals surface area contributed by atoms with Crippen molar-refractivity contribution in [3.8, 4) is 0 Å². The molecule has 0 aliphatic carbocycles. The molecule has 0 unspecified atom stereocenters. The first-order valence-corrected chi connectivity index (χ1v) is 4.25. The van der Waals surface area contributed by atoms with E-state index in [0.29, 0.717) is 6.29 Å². The first kappa shape index (κ1) is 10.9. The van der Waals surface area contributed by atoms with Gasteiger partial charge in [-0.2, -0.15) is 0 Å². The summed E-state index contributed by atoms with van der Waals surface area (Å²) in [6.45, 7) is 0. The fourth-order valence-corrected chi connectivity index (χ4v) is 1.43. The Labute approximate surface area is 89.8 Å². The summed E-state index contributed by atoms with van der Waals surface area (Å²) in [5, 5.41) is 0.0868. The molecular formula is C8H5Cl2NO3. The summed E-state index contributed by atoms with van der Waals surface area (Å²) in [6, 6.07) is 1.27. The quantitative estimate of drug-likeness (QED) is 0.446. The van der Waals surface area contributed by atoms with Crippen molar-refractivity contribution in [1.82, 2.24) is 4.98 Å². The summed E-state index contributed by atoms with van der Waals surface area (Å²) in [4.78, 5) is 25.4. The topological polar surface area (TPSA) is 56.3 Å². The lowest BCUT2D eigenvalue weighted by Gasteiger charge is -2.04. The van der Waals surface area contributed by atoms with Crippen LogP contribution in [0.2, 0.25) is 10.2 Å². The van der Waals surface area contributed by atoms with E-state index in [1.54, 1.807) is 0 Å². The number of esters is 1. The van der Waals surface area contributed by atoms with E-state index in [0.717, 1.165) is 0 Å². The van der Waals surface area contributed by atoms with E-state index in [-0.39, 0.29) is 21.4 Å². The molecule has 1 heterocycles. The number of carbonyl (C=O) groups excluding carboxylic acids is 2. The summed E-state index contributed by atoms with van der Waals surface area (Å²) in [5.41, 5.74) is -0.206. The molecule has 0 saturated heterocycles. The Kier molecular flexibility index (Phi) is 3.43. The van der Waals surface area contributed by atoms with Crippen molar-refractivity contribution < 1.29 is 14.3 Å². The molecule has 14 heavy (non-hydrogen) atoms. The van der Waals surface area contributed by atoms with Gasteiger partial charge in [-0.05, 0) is 6.07 Å². The molecule has 0 aromatic carbocycles. The number of aromatic nitrogens is 1. The summed E-state index contributed by atoms with van der Waals surface area (Å²) in [6.07, 6.45) is 0.393. The van der Waals surface area contributed by atoms with Crippen molar-refractivity contribution >= 4 is 35.5 Å². The zero-order valence-electron chi connectivity index (χ0n) is 7.08. The van der Waals surface area contributed by atoms with Crippen LogP contribution in [0.5, 0.6) is 0 Å². The number of methoxy groups -OCH3 is 1. The van der Waals surface area contributed by atoms with E-state index in [2.05, 4.69) is 9.72 Å². The van der Waals surface area contributed by atoms with Crippen molar-refractivity contribution in [2.75, 3.05) is 7.11 Å². The maximum Gasteiger partial charge on any atom is 0.341 e. The highest BCUT2D eigenvalue weighted by Gasteiger charge is 2.18. The molecule has 1 rings (SSSR count). The first-order valence-electron chi connectivity index (χ1n) is 3.49. The van der Waals surface area contributed by atoms with E-state index in [1.165, 1.54) is 13.2 Å². The lowest BCUT2D eigenvalue weighted by Crippen LogP contribution is -2.08. The van der Waals surface area contributed by atoms with E-state index < -0.39 is 5.97 Å². The number of hydrogen-bond donors (Lipinski definition) is 0. The monoisotopic (exact) mass is 233 g/mol. The number of nitrogens with zero attached hydrogens (tertiary/aromatic N) is 1. The molecule has 0 aliphatic rings. The number of aldehydes is 1. The van der Waals surface area contributed by atoms with Crippen LogP contribution in [0, 0.1) is 0 Å². The minimum Gasteiger partial charge on any atom is -0.465 e. The van der Waals surface area contributed by atoms with Gasteiger partial charge in [0.15, 0.2) is 6.29 Å². The Morgan fingerprint density at radius 1 is 1.57 bits per heavy atom. The van der Waals surface area contributed by atoms with Crippen LogP contribution in [0.1, 0.15) is 20.8 Å². The van der Waals surface area contributed by atoms with Gasteiger partial charge in [0, 0.05) is 0 Å². The van der Waals surface area contributed by atoms with Gasteiger partial charge in [-0.3, -0.25) is 4.79 Å². The zero-order valence-corrected chi connectivity index (χ0v) is 8.59. The fourth-order valence-electron chi connectivity index (χ4n) is 0.892. The predicted molar refractivity (Wildman–Crippen MR) is 51.0 cm³/mol. The molecule has 4 nitrogen and oxygen atoms in total. The Balaban J connectivity index is 3.39. The number of pyridine rings is 1. The molecule has 0 N–H and O–H groups in total. The Hall–Kier alpha value is -1.13. The van der Waals surface area contributed by atoms with Crippen LogP contribution in [-0.2, 0) is 4.74 Å². The van der Waals surface area contributed by atoms with Crippen molar-refractivity contribution in [3.63, 3.8) is 0 Å². The first-order chi connectivity index (χ1) is 6.60. The molecule has 74 valence electrons. The minimum atomic E-state index is -0.721. The highest BCUT2D eigenvalue weighted by Crippen LogP contribution is 2.22. The van der Waals surface area contributed by atoms with Gasteiger partial charge in [-0.1, -0.05) is 23.2 Å². The summed E-state index contributed by atoms with van der Waals surface area (Å²) >= 11 is 11.2. The molecule has 0 bridgehead atoms. The predicted octanol–water partition coefficient (Wildman–Crippen LogP) is 1.99. The molecule has 0 amide bonds. The van der Waals surface area contributed by atoms with Gasteiger partial charge in [0.25, 0.3) is 0 Å². The van der Waals surface area contributed by atoms with Crippen molar-refractivity contribution in [3.05, 3.63) is 27.5 Å². The summed E-state index contributed by atoms with van der Waals surface area (Å²) < 4.78 is 4.43. The van der Waals surface area contributed by atoms with Gasteiger partial charge in [0.1, 0.15) is 16.4 Å². The van der Waals surface area contributed by atoms with Gasteiger partial charge in [0.2, 0.25) is 0 Å². The van der Waals surface area contributed by atoms with Gasteiger partial charge < -0.3 is 4.74 Å². The smallest absolute Gasteiger partial charge is 0.341 e. The second-order valence-electron chi connectivity index (χ2n) is 2.30. The molecule has 6 heteroatoms. The molecule has 0 aliphatic heterocycles. The third kappa shape index (κ3) is 2.02. The molecule has 0 fully saturated rings. The van der Waals surface area contributed by atoms with Gasteiger partial charge in [-0.25, -0.2) is 9.78 Å². The van der Waals surface area contributed by atoms with Crippen LogP contribution in [0.25, 0.3) is 0 Å². The van der Waals surface area contributed by atoms with Crippen LogP contribution in [0.15, 0.2) is 6.07 Å². The van der Waals surface area contributed by atoms with E-state index in [1.807, 2.05) is 0 Å². The van der Waals surface area contributed by atoms with Crippen molar-refractivity contribution in [2.24, 2.45) is 0 Å². The van der Waals surface area contributed by atoms with Crippen LogP contribution in [0.3, 0.4) is 0 Å². The number of hydrogen-bond acceptors (Lipinski definition) is 4. The SMILES string of the molecule is COC(=O)c1c(Cl)cc(Cl)nc1C=O. The number of ether oxygens (including phenoxy) is 1. The lowest BCUT2D eigenvalue weighted by molar-refractivity contribution is 0.0598. The second kappa shape index (κ2) is 4.39. The van der Waals surface area contributed by atoms with Gasteiger partial charge in [-0.15, -0.1) is 0 Å². The van der Waals surface area contributed by atoms with Crippen molar-refractivity contribution in [1.29, 1.82) is 0 Å². The largest absolute Gasteiger partial charge is 0.465 e. The van der Waals surface area contributed by atoms with E-state index in [4.69, 9.17) is 23.2 Å². The normalized spacial score (nSPS) is 9.64. The fraction of sp³-hybridized carbons (Fsp3) is 0.125. The van der Waals surface area contributed by atoms with Crippen LogP contribution >= 0.6 is 23.2 Å². The van der Waals surface area contributed by atoms with E-state index in [9.17, 15) is 9.59 Å². The third-order valence-electron chi connectivity index (χ3n) is 1.47. The molecule has 1 aromatic rings. The Bertz CT molecular complexity index is 392. The minimum absolute atomic E-state index is 0.0407. The van der Waals surface area contributed by atoms with Crippen LogP contribution in [0.4, 0.5) is 0 Å². The molecule has 0 atom stereocenters. The van der Waals surface area contributed by atoms with Crippen LogP contribution < -0.4 is 0 Å². The average Bonchev–Trinajstić information content (AvgIpc) is 2.15. The van der Waals surface area contributed by atoms with Crippen LogP contribution in [-0.4, -0.2) is 24.3 Å². The molecule has 1 aromatic heterocycles.